The summed E-state index contributed by atoms with van der Waals surface area (Å²) in [6.45, 7) is 0.546. The zero-order chi connectivity index (χ0) is 14.5. The van der Waals surface area contributed by atoms with Crippen LogP contribution in [0.1, 0.15) is 22.8 Å². The molecule has 0 radical (unpaired) electrons. The van der Waals surface area contributed by atoms with E-state index in [1.54, 1.807) is 19.2 Å². The van der Waals surface area contributed by atoms with Gasteiger partial charge in [-0.05, 0) is 28.8 Å². The maximum atomic E-state index is 13.1. The van der Waals surface area contributed by atoms with Gasteiger partial charge in [-0.25, -0.2) is 4.39 Å². The van der Waals surface area contributed by atoms with Crippen molar-refractivity contribution in [3.8, 4) is 0 Å². The molecule has 1 atom stereocenters. The molecule has 0 saturated heterocycles. The summed E-state index contributed by atoms with van der Waals surface area (Å²) < 4.78 is 18.1. The molecule has 2 nitrogen and oxygen atoms in total. The van der Waals surface area contributed by atoms with Gasteiger partial charge in [0.1, 0.15) is 5.82 Å². The van der Waals surface area contributed by atoms with Gasteiger partial charge in [0, 0.05) is 13.5 Å². The van der Waals surface area contributed by atoms with Crippen molar-refractivity contribution < 1.29 is 14.2 Å². The smallest absolute Gasteiger partial charge is 0.141 e. The number of rotatable bonds is 5. The highest BCUT2D eigenvalue weighted by molar-refractivity contribution is 6.30. The zero-order valence-corrected chi connectivity index (χ0v) is 11.9. The molecule has 2 aromatic carbocycles. The topological polar surface area (TPSA) is 29.5 Å². The predicted octanol–water partition coefficient (Wildman–Crippen LogP) is 3.90. The minimum absolute atomic E-state index is 0.0742. The highest BCUT2D eigenvalue weighted by Crippen LogP contribution is 2.22. The van der Waals surface area contributed by atoms with Gasteiger partial charge in [0.05, 0.1) is 17.7 Å². The number of methoxy groups -OCH3 is 1. The van der Waals surface area contributed by atoms with Crippen LogP contribution in [0.5, 0.6) is 0 Å². The van der Waals surface area contributed by atoms with Crippen LogP contribution in [0.4, 0.5) is 4.39 Å². The number of ether oxygens (including phenoxy) is 1. The molecule has 4 heteroatoms. The van der Waals surface area contributed by atoms with Gasteiger partial charge in [0.2, 0.25) is 0 Å². The van der Waals surface area contributed by atoms with Crippen molar-refractivity contribution in [3.63, 3.8) is 0 Å². The quantitative estimate of drug-likeness (QED) is 0.906. The molecular weight excluding hydrogens is 279 g/mol. The molecule has 0 aromatic heterocycles. The minimum atomic E-state index is -0.645. The maximum absolute atomic E-state index is 13.1. The first kappa shape index (κ1) is 15.0. The average molecular weight is 295 g/mol. The van der Waals surface area contributed by atoms with Crippen molar-refractivity contribution in [2.45, 2.75) is 19.1 Å². The van der Waals surface area contributed by atoms with Crippen LogP contribution in [-0.4, -0.2) is 12.2 Å². The fraction of sp³-hybridized carbons (Fsp3) is 0.250. The first-order valence-electron chi connectivity index (χ1n) is 6.30. The van der Waals surface area contributed by atoms with Crippen LogP contribution in [0.2, 0.25) is 5.02 Å². The van der Waals surface area contributed by atoms with Gasteiger partial charge in [-0.3, -0.25) is 0 Å². The van der Waals surface area contributed by atoms with Gasteiger partial charge in [-0.1, -0.05) is 41.9 Å². The lowest BCUT2D eigenvalue weighted by molar-refractivity contribution is 0.177. The summed E-state index contributed by atoms with van der Waals surface area (Å²) in [7, 11) is 1.64. The van der Waals surface area contributed by atoms with E-state index in [0.717, 1.165) is 16.7 Å². The Morgan fingerprint density at radius 3 is 2.40 bits per heavy atom. The molecule has 0 amide bonds. The second kappa shape index (κ2) is 6.84. The van der Waals surface area contributed by atoms with Crippen LogP contribution in [-0.2, 0) is 17.8 Å². The van der Waals surface area contributed by atoms with Crippen molar-refractivity contribution in [1.29, 1.82) is 0 Å². The Kier molecular flexibility index (Phi) is 5.12. The third-order valence-electron chi connectivity index (χ3n) is 3.09. The minimum Gasteiger partial charge on any atom is -0.388 e. The Bertz CT molecular complexity index is 569. The monoisotopic (exact) mass is 294 g/mol. The lowest BCUT2D eigenvalue weighted by Gasteiger charge is -2.12. The van der Waals surface area contributed by atoms with Gasteiger partial charge in [0.25, 0.3) is 0 Å². The third kappa shape index (κ3) is 3.79. The number of halogens is 2. The highest BCUT2D eigenvalue weighted by atomic mass is 35.5. The van der Waals surface area contributed by atoms with Gasteiger partial charge >= 0.3 is 0 Å². The van der Waals surface area contributed by atoms with Crippen LogP contribution < -0.4 is 0 Å². The predicted molar refractivity (Wildman–Crippen MR) is 77.2 cm³/mol. The van der Waals surface area contributed by atoms with E-state index in [1.165, 1.54) is 6.07 Å². The Hall–Kier alpha value is -1.42. The van der Waals surface area contributed by atoms with E-state index in [1.807, 2.05) is 24.3 Å². The van der Waals surface area contributed by atoms with E-state index in [-0.39, 0.29) is 5.02 Å². The molecule has 0 aliphatic rings. The zero-order valence-electron chi connectivity index (χ0n) is 11.1. The molecule has 1 unspecified atom stereocenters. The summed E-state index contributed by atoms with van der Waals surface area (Å²) >= 11 is 5.73. The number of benzene rings is 2. The summed E-state index contributed by atoms with van der Waals surface area (Å²) in [5.41, 5.74) is 2.66. The standard InChI is InChI=1S/C16H16ClFO2/c1-20-10-11-2-5-13(6-3-11)16(19)9-12-4-7-15(18)14(17)8-12/h2-8,16,19H,9-10H2,1H3. The second-order valence-corrected chi connectivity index (χ2v) is 5.05. The molecular formula is C16H16ClFO2. The molecule has 2 aromatic rings. The van der Waals surface area contributed by atoms with Gasteiger partial charge in [-0.2, -0.15) is 0 Å². The molecule has 2 rings (SSSR count). The fourth-order valence-corrected chi connectivity index (χ4v) is 2.21. The Labute approximate surface area is 122 Å². The van der Waals surface area contributed by atoms with E-state index in [9.17, 15) is 9.50 Å². The molecule has 0 heterocycles. The number of hydrogen-bond donors (Lipinski definition) is 1. The van der Waals surface area contributed by atoms with E-state index in [2.05, 4.69) is 0 Å². The SMILES string of the molecule is COCc1ccc(C(O)Cc2ccc(F)c(Cl)c2)cc1. The summed E-state index contributed by atoms with van der Waals surface area (Å²) in [5, 5.41) is 10.3. The Morgan fingerprint density at radius 2 is 1.80 bits per heavy atom. The van der Waals surface area contributed by atoms with Crippen LogP contribution in [0, 0.1) is 5.82 Å². The normalized spacial score (nSPS) is 12.4. The van der Waals surface area contributed by atoms with Crippen LogP contribution >= 0.6 is 11.6 Å². The average Bonchev–Trinajstić information content (AvgIpc) is 2.44. The molecule has 1 N–H and O–H groups in total. The summed E-state index contributed by atoms with van der Waals surface area (Å²) in [6.07, 6.45) is -0.253. The molecule has 0 saturated carbocycles. The lowest BCUT2D eigenvalue weighted by Crippen LogP contribution is -2.02. The molecule has 0 fully saturated rings. The van der Waals surface area contributed by atoms with Crippen molar-refractivity contribution in [2.24, 2.45) is 0 Å². The third-order valence-corrected chi connectivity index (χ3v) is 3.38. The van der Waals surface area contributed by atoms with E-state index in [4.69, 9.17) is 16.3 Å². The second-order valence-electron chi connectivity index (χ2n) is 4.64. The summed E-state index contributed by atoms with van der Waals surface area (Å²) in [4.78, 5) is 0. The van der Waals surface area contributed by atoms with Crippen LogP contribution in [0.3, 0.4) is 0 Å². The van der Waals surface area contributed by atoms with Crippen molar-refractivity contribution in [3.05, 3.63) is 70.0 Å². The van der Waals surface area contributed by atoms with Gasteiger partial charge in [-0.15, -0.1) is 0 Å². The number of aliphatic hydroxyl groups excluding tert-OH is 1. The summed E-state index contributed by atoms with van der Waals surface area (Å²) in [6, 6.07) is 12.0. The highest BCUT2D eigenvalue weighted by Gasteiger charge is 2.10. The number of aliphatic hydroxyl groups is 1. The first-order valence-corrected chi connectivity index (χ1v) is 6.67. The first-order chi connectivity index (χ1) is 9.60. The van der Waals surface area contributed by atoms with E-state index in [0.29, 0.717) is 13.0 Å². The Balaban J connectivity index is 2.06. The molecule has 0 aliphatic heterocycles. The lowest BCUT2D eigenvalue weighted by atomic mass is 10.0. The van der Waals surface area contributed by atoms with Crippen LogP contribution in [0.15, 0.2) is 42.5 Å². The summed E-state index contributed by atoms with van der Waals surface area (Å²) in [5.74, 6) is -0.450. The molecule has 0 spiro atoms. The molecule has 0 bridgehead atoms. The Morgan fingerprint density at radius 1 is 1.15 bits per heavy atom. The fourth-order valence-electron chi connectivity index (χ4n) is 2.01. The molecule has 0 aliphatic carbocycles. The van der Waals surface area contributed by atoms with Gasteiger partial charge < -0.3 is 9.84 Å². The largest absolute Gasteiger partial charge is 0.388 e. The number of hydrogen-bond acceptors (Lipinski definition) is 2. The van der Waals surface area contributed by atoms with Crippen molar-refractivity contribution in [1.82, 2.24) is 0 Å². The van der Waals surface area contributed by atoms with Crippen molar-refractivity contribution >= 4 is 11.6 Å². The van der Waals surface area contributed by atoms with Gasteiger partial charge in [0.15, 0.2) is 0 Å². The molecule has 20 heavy (non-hydrogen) atoms. The van der Waals surface area contributed by atoms with E-state index >= 15 is 0 Å². The maximum Gasteiger partial charge on any atom is 0.141 e. The van der Waals surface area contributed by atoms with Crippen molar-refractivity contribution in [2.75, 3.05) is 7.11 Å². The van der Waals surface area contributed by atoms with Crippen LogP contribution in [0.25, 0.3) is 0 Å². The molecule has 106 valence electrons. The van der Waals surface area contributed by atoms with E-state index < -0.39 is 11.9 Å².